The summed E-state index contributed by atoms with van der Waals surface area (Å²) in [5.41, 5.74) is 0. The maximum absolute atomic E-state index is 9.82. The van der Waals surface area contributed by atoms with Crippen molar-refractivity contribution < 1.29 is 12.9 Å². The molecule has 0 bridgehead atoms. The molecule has 0 amide bonds. The fraction of sp³-hybridized carbons (Fsp3) is 1.00. The summed E-state index contributed by atoms with van der Waals surface area (Å²) in [5, 5.41) is 9.82. The molecule has 0 aliphatic carbocycles. The molecule has 78 valence electrons. The highest BCUT2D eigenvalue weighted by molar-refractivity contribution is 14.1. The van der Waals surface area contributed by atoms with Gasteiger partial charge in [0.1, 0.15) is 29.1 Å². The molecule has 0 radical (unpaired) electrons. The van der Waals surface area contributed by atoms with E-state index in [-0.39, 0.29) is 12.1 Å². The van der Waals surface area contributed by atoms with E-state index >= 15 is 0 Å². The van der Waals surface area contributed by atoms with Crippen molar-refractivity contribution in [3.05, 3.63) is 0 Å². The molecule has 1 heterocycles. The summed E-state index contributed by atoms with van der Waals surface area (Å²) in [7, 11) is 3.91. The smallest absolute Gasteiger partial charge is 0.196 e. The van der Waals surface area contributed by atoms with E-state index in [1.807, 2.05) is 25.9 Å². The highest BCUT2D eigenvalue weighted by Crippen LogP contribution is 2.24. The van der Waals surface area contributed by atoms with E-state index in [0.29, 0.717) is 0 Å². The van der Waals surface area contributed by atoms with Gasteiger partial charge in [-0.3, -0.25) is 3.07 Å². The number of aliphatic hydroxyl groups is 1. The van der Waals surface area contributed by atoms with Crippen LogP contribution in [0, 0.1) is 0 Å². The second-order valence-corrected chi connectivity index (χ2v) is 4.17. The molecular formula is C8H16INO3. The van der Waals surface area contributed by atoms with Crippen molar-refractivity contribution in [2.45, 2.75) is 37.9 Å². The number of ether oxygens (including phenoxy) is 1. The van der Waals surface area contributed by atoms with Gasteiger partial charge >= 0.3 is 0 Å². The van der Waals surface area contributed by atoms with E-state index in [2.05, 4.69) is 0 Å². The van der Waals surface area contributed by atoms with Gasteiger partial charge in [-0.05, 0) is 27.4 Å². The molecular weight excluding hydrogens is 285 g/mol. The van der Waals surface area contributed by atoms with Crippen LogP contribution in [0.5, 0.6) is 0 Å². The van der Waals surface area contributed by atoms with Crippen LogP contribution in [0.3, 0.4) is 0 Å². The first kappa shape index (κ1) is 11.6. The van der Waals surface area contributed by atoms with Crippen LogP contribution in [-0.4, -0.2) is 48.6 Å². The fourth-order valence-corrected chi connectivity index (χ4v) is 2.04. The van der Waals surface area contributed by atoms with Gasteiger partial charge in [-0.1, -0.05) is 0 Å². The summed E-state index contributed by atoms with van der Waals surface area (Å²) in [5.74, 6) is 0. The lowest BCUT2D eigenvalue weighted by Crippen LogP contribution is -2.53. The van der Waals surface area contributed by atoms with Crippen LogP contribution < -0.4 is 0 Å². The summed E-state index contributed by atoms with van der Waals surface area (Å²) < 4.78 is 10.4. The third-order valence-electron chi connectivity index (χ3n) is 2.36. The third-order valence-corrected chi connectivity index (χ3v) is 2.87. The number of hydrogen-bond acceptors (Lipinski definition) is 4. The standard InChI is InChI=1S/C8H16INO3/c1-5-4-6(10(2)3)7(11)8(12-5)13-9/h5-8,11H,4H2,1-3H3/t5-,6+,7?,8+/m1/s1. The zero-order valence-corrected chi connectivity index (χ0v) is 10.3. The Kier molecular flexibility index (Phi) is 4.37. The minimum Gasteiger partial charge on any atom is -0.386 e. The Hall–Kier alpha value is 0.570. The number of rotatable bonds is 2. The van der Waals surface area contributed by atoms with Crippen LogP contribution in [-0.2, 0) is 7.80 Å². The zero-order chi connectivity index (χ0) is 10.0. The molecule has 0 aromatic rings. The van der Waals surface area contributed by atoms with E-state index in [4.69, 9.17) is 7.80 Å². The fourth-order valence-electron chi connectivity index (χ4n) is 1.62. The van der Waals surface area contributed by atoms with Crippen LogP contribution >= 0.6 is 23.0 Å². The lowest BCUT2D eigenvalue weighted by molar-refractivity contribution is -0.204. The largest absolute Gasteiger partial charge is 0.386 e. The van der Waals surface area contributed by atoms with Crippen molar-refractivity contribution in [2.24, 2.45) is 0 Å². The van der Waals surface area contributed by atoms with Gasteiger partial charge in [0.25, 0.3) is 0 Å². The summed E-state index contributed by atoms with van der Waals surface area (Å²) in [6.07, 6.45) is -0.0968. The van der Waals surface area contributed by atoms with Gasteiger partial charge in [0.05, 0.1) is 6.10 Å². The van der Waals surface area contributed by atoms with E-state index in [1.165, 1.54) is 0 Å². The molecule has 1 saturated heterocycles. The zero-order valence-electron chi connectivity index (χ0n) is 8.11. The average Bonchev–Trinajstić information content (AvgIpc) is 2.08. The van der Waals surface area contributed by atoms with Gasteiger partial charge in [0.2, 0.25) is 0 Å². The Morgan fingerprint density at radius 2 is 2.15 bits per heavy atom. The maximum Gasteiger partial charge on any atom is 0.196 e. The number of aliphatic hydroxyl groups excluding tert-OH is 1. The lowest BCUT2D eigenvalue weighted by atomic mass is 9.99. The van der Waals surface area contributed by atoms with Crippen molar-refractivity contribution >= 4 is 23.0 Å². The quantitative estimate of drug-likeness (QED) is 0.765. The highest BCUT2D eigenvalue weighted by Gasteiger charge is 2.37. The van der Waals surface area contributed by atoms with Crippen LogP contribution in [0.15, 0.2) is 0 Å². The first-order valence-corrected chi connectivity index (χ1v) is 5.21. The molecule has 0 spiro atoms. The second kappa shape index (κ2) is 4.88. The van der Waals surface area contributed by atoms with Crippen molar-refractivity contribution in [1.82, 2.24) is 4.90 Å². The topological polar surface area (TPSA) is 41.9 Å². The van der Waals surface area contributed by atoms with Crippen LogP contribution in [0.1, 0.15) is 13.3 Å². The van der Waals surface area contributed by atoms with Crippen LogP contribution in [0.4, 0.5) is 0 Å². The van der Waals surface area contributed by atoms with Gasteiger partial charge in [-0.2, -0.15) is 0 Å². The molecule has 0 saturated carbocycles. The predicted molar refractivity (Wildman–Crippen MR) is 57.5 cm³/mol. The number of hydrogen-bond donors (Lipinski definition) is 1. The molecule has 5 heteroatoms. The summed E-state index contributed by atoms with van der Waals surface area (Å²) in [4.78, 5) is 2.01. The van der Waals surface area contributed by atoms with Gasteiger partial charge in [-0.25, -0.2) is 0 Å². The Balaban J connectivity index is 2.63. The molecule has 0 aromatic carbocycles. The maximum atomic E-state index is 9.82. The first-order chi connectivity index (χ1) is 6.06. The Morgan fingerprint density at radius 1 is 1.54 bits per heavy atom. The van der Waals surface area contributed by atoms with Gasteiger partial charge < -0.3 is 14.7 Å². The number of likely N-dealkylation sites (N-methyl/N-ethyl adjacent to an activating group) is 1. The summed E-state index contributed by atoms with van der Waals surface area (Å²) >= 11 is 1.76. The molecule has 4 nitrogen and oxygen atoms in total. The molecule has 4 atom stereocenters. The summed E-state index contributed by atoms with van der Waals surface area (Å²) in [6, 6.07) is 0.114. The minimum absolute atomic E-state index is 0.114. The molecule has 1 rings (SSSR count). The van der Waals surface area contributed by atoms with Crippen molar-refractivity contribution in [2.75, 3.05) is 14.1 Å². The van der Waals surface area contributed by atoms with E-state index in [1.54, 1.807) is 23.0 Å². The van der Waals surface area contributed by atoms with E-state index in [0.717, 1.165) is 6.42 Å². The van der Waals surface area contributed by atoms with Crippen LogP contribution in [0.2, 0.25) is 0 Å². The van der Waals surface area contributed by atoms with Crippen LogP contribution in [0.25, 0.3) is 0 Å². The molecule has 13 heavy (non-hydrogen) atoms. The lowest BCUT2D eigenvalue weighted by Gasteiger charge is -2.39. The van der Waals surface area contributed by atoms with Gasteiger partial charge in [0.15, 0.2) is 6.29 Å². The van der Waals surface area contributed by atoms with E-state index < -0.39 is 12.4 Å². The Morgan fingerprint density at radius 3 is 2.62 bits per heavy atom. The predicted octanol–water partition coefficient (Wildman–Crippen LogP) is 0.779. The minimum atomic E-state index is -0.567. The van der Waals surface area contributed by atoms with Crippen molar-refractivity contribution in [3.63, 3.8) is 0 Å². The molecule has 0 aromatic heterocycles. The second-order valence-electron chi connectivity index (χ2n) is 3.66. The third kappa shape index (κ3) is 2.76. The SMILES string of the molecule is C[C@@H]1C[C@H](N(C)C)C(O)[C@H](OI)O1. The van der Waals surface area contributed by atoms with Gasteiger partial charge in [-0.15, -0.1) is 0 Å². The average molecular weight is 301 g/mol. The van der Waals surface area contributed by atoms with Gasteiger partial charge in [0, 0.05) is 6.04 Å². The summed E-state index contributed by atoms with van der Waals surface area (Å²) in [6.45, 7) is 1.99. The van der Waals surface area contributed by atoms with Crippen molar-refractivity contribution in [3.8, 4) is 0 Å². The molecule has 1 N–H and O–H groups in total. The first-order valence-electron chi connectivity index (χ1n) is 4.33. The number of nitrogens with zero attached hydrogens (tertiary/aromatic N) is 1. The molecule has 1 aliphatic rings. The normalized spacial score (nSPS) is 41.1. The van der Waals surface area contributed by atoms with E-state index in [9.17, 15) is 5.11 Å². The Bertz CT molecular complexity index is 167. The monoisotopic (exact) mass is 301 g/mol. The molecule has 1 fully saturated rings. The van der Waals surface area contributed by atoms with Crippen molar-refractivity contribution in [1.29, 1.82) is 0 Å². The Labute approximate surface area is 92.9 Å². The highest BCUT2D eigenvalue weighted by atomic mass is 127. The molecule has 1 aliphatic heterocycles. The number of halogens is 1. The molecule has 1 unspecified atom stereocenters.